The van der Waals surface area contributed by atoms with Crippen LogP contribution >= 0.6 is 25.3 Å². The fourth-order valence-electron chi connectivity index (χ4n) is 3.88. The van der Waals surface area contributed by atoms with E-state index < -0.39 is 47.2 Å². The highest BCUT2D eigenvalue weighted by molar-refractivity contribution is 7.80. The van der Waals surface area contributed by atoms with Crippen LogP contribution < -0.4 is 10.6 Å². The molecule has 2 aromatic carbocycles. The molecule has 3 rings (SSSR count). The summed E-state index contributed by atoms with van der Waals surface area (Å²) in [7, 11) is 0. The fraction of sp³-hybridized carbons (Fsp3) is 0.448. The Kier molecular flexibility index (Phi) is 11.5. The van der Waals surface area contributed by atoms with Crippen LogP contribution in [0.4, 0.5) is 4.79 Å². The third-order valence-electron chi connectivity index (χ3n) is 5.46. The summed E-state index contributed by atoms with van der Waals surface area (Å²) in [6, 6.07) is 13.9. The molecule has 1 aliphatic rings. The van der Waals surface area contributed by atoms with Crippen LogP contribution in [-0.2, 0) is 23.9 Å². The molecule has 3 N–H and O–H groups in total. The van der Waals surface area contributed by atoms with E-state index in [9.17, 15) is 19.2 Å². The molecule has 40 heavy (non-hydrogen) atoms. The van der Waals surface area contributed by atoms with Crippen LogP contribution in [0.3, 0.4) is 0 Å². The van der Waals surface area contributed by atoms with Crippen LogP contribution in [0.15, 0.2) is 48.5 Å². The molecule has 0 saturated carbocycles. The monoisotopic (exact) mass is 590 g/mol. The molecule has 0 fully saturated rings. The van der Waals surface area contributed by atoms with Crippen LogP contribution in [-0.4, -0.2) is 63.8 Å². The van der Waals surface area contributed by atoms with Crippen molar-refractivity contribution < 1.29 is 33.8 Å². The highest BCUT2D eigenvalue weighted by atomic mass is 32.1. The van der Waals surface area contributed by atoms with E-state index in [2.05, 4.69) is 35.9 Å². The number of carboxylic acids is 1. The quantitative estimate of drug-likeness (QED) is 0.238. The number of hydrogen-bond donors (Lipinski definition) is 5. The number of fused-ring (bicyclic) bond motifs is 3. The van der Waals surface area contributed by atoms with Gasteiger partial charge in [0.25, 0.3) is 0 Å². The Labute approximate surface area is 246 Å². The molecule has 0 heterocycles. The Morgan fingerprint density at radius 3 is 1.62 bits per heavy atom. The van der Waals surface area contributed by atoms with Crippen LogP contribution in [0.25, 0.3) is 11.1 Å². The lowest BCUT2D eigenvalue weighted by atomic mass is 9.96. The lowest BCUT2D eigenvalue weighted by Gasteiger charge is -2.25. The van der Waals surface area contributed by atoms with Crippen molar-refractivity contribution in [1.29, 1.82) is 0 Å². The molecule has 0 aliphatic heterocycles. The molecule has 9 nitrogen and oxygen atoms in total. The van der Waals surface area contributed by atoms with Gasteiger partial charge in [0.05, 0.1) is 5.92 Å². The Hall–Kier alpha value is -3.18. The van der Waals surface area contributed by atoms with Gasteiger partial charge in [-0.25, -0.2) is 14.4 Å². The molecule has 0 aromatic heterocycles. The van der Waals surface area contributed by atoms with E-state index >= 15 is 0 Å². The summed E-state index contributed by atoms with van der Waals surface area (Å²) >= 11 is 8.01. The summed E-state index contributed by atoms with van der Waals surface area (Å²) in [6.45, 7) is 10.5. The number of aliphatic carboxylic acids is 1. The number of thiol groups is 2. The van der Waals surface area contributed by atoms with Gasteiger partial charge in [0.15, 0.2) is 0 Å². The Balaban J connectivity index is 0.000000342. The third kappa shape index (κ3) is 9.48. The molecule has 218 valence electrons. The first-order valence-electron chi connectivity index (χ1n) is 12.7. The number of ether oxygens (including phenoxy) is 2. The first kappa shape index (κ1) is 33.0. The molecule has 1 aliphatic carbocycles. The SMILES string of the molecule is CC(C)(C)OC(=O)N[C@H](CS)C(=O)O.CC(C)(C)OC(=O)[C@@H](CS)NC(=O)C1c2ccccc2-c2ccccc21. The molecular weight excluding hydrogens is 552 g/mol. The van der Waals surface area contributed by atoms with E-state index in [1.165, 1.54) is 0 Å². The predicted molar refractivity (Wildman–Crippen MR) is 160 cm³/mol. The lowest BCUT2D eigenvalue weighted by molar-refractivity contribution is -0.158. The summed E-state index contributed by atoms with van der Waals surface area (Å²) in [6.07, 6.45) is -0.751. The van der Waals surface area contributed by atoms with E-state index in [0.29, 0.717) is 0 Å². The van der Waals surface area contributed by atoms with Crippen LogP contribution in [0, 0.1) is 0 Å². The average molecular weight is 591 g/mol. The maximum absolute atomic E-state index is 13.1. The van der Waals surface area contributed by atoms with E-state index in [0.717, 1.165) is 22.3 Å². The number of rotatable bonds is 7. The second-order valence-corrected chi connectivity index (χ2v) is 11.8. The Morgan fingerprint density at radius 1 is 0.775 bits per heavy atom. The van der Waals surface area contributed by atoms with Crippen molar-refractivity contribution in [2.45, 2.75) is 70.7 Å². The highest BCUT2D eigenvalue weighted by Gasteiger charge is 2.35. The summed E-state index contributed by atoms with van der Waals surface area (Å²) in [4.78, 5) is 47.0. The second-order valence-electron chi connectivity index (χ2n) is 11.1. The van der Waals surface area contributed by atoms with Gasteiger partial charge in [-0.1, -0.05) is 48.5 Å². The number of benzene rings is 2. The standard InChI is InChI=1S/C21H23NO3S.C8H15NO4S/c1-21(2,3)25-20(24)17(12-26)22-19(23)18-15-10-6-4-8-13(15)14-9-5-7-11-16(14)18;1-8(2,3)13-7(12)9-5(4-14)6(10)11/h4-11,17-18,26H,12H2,1-3H3,(H,22,23);5,14H,4H2,1-3H3,(H,9,12)(H,10,11)/t17-;5-/m11/s1. The molecule has 2 aromatic rings. The first-order chi connectivity index (χ1) is 18.6. The van der Waals surface area contributed by atoms with Crippen molar-refractivity contribution in [3.05, 3.63) is 59.7 Å². The van der Waals surface area contributed by atoms with Gasteiger partial charge in [-0.05, 0) is 63.8 Å². The minimum absolute atomic E-state index is 0.0224. The van der Waals surface area contributed by atoms with Crippen molar-refractivity contribution >= 4 is 49.2 Å². The molecular formula is C29H38N2O7S2. The van der Waals surface area contributed by atoms with Crippen molar-refractivity contribution in [3.63, 3.8) is 0 Å². The van der Waals surface area contributed by atoms with Crippen LogP contribution in [0.5, 0.6) is 0 Å². The van der Waals surface area contributed by atoms with Crippen molar-refractivity contribution in [3.8, 4) is 11.1 Å². The summed E-state index contributed by atoms with van der Waals surface area (Å²) in [5, 5.41) is 13.6. The number of carboxylic acid groups (broad SMARTS) is 1. The first-order valence-corrected chi connectivity index (χ1v) is 14.0. The molecule has 0 unspecified atom stereocenters. The number of esters is 1. The molecule has 0 saturated heterocycles. The van der Waals surface area contributed by atoms with Crippen molar-refractivity contribution in [2.75, 3.05) is 11.5 Å². The largest absolute Gasteiger partial charge is 0.480 e. The lowest BCUT2D eigenvalue weighted by Crippen LogP contribution is -2.46. The minimum atomic E-state index is -1.13. The van der Waals surface area contributed by atoms with Gasteiger partial charge in [-0.3, -0.25) is 4.79 Å². The normalized spacial score (nSPS) is 13.9. The molecule has 0 spiro atoms. The number of amides is 2. The number of hydrogen-bond acceptors (Lipinski definition) is 8. The van der Waals surface area contributed by atoms with E-state index in [-0.39, 0.29) is 17.4 Å². The predicted octanol–water partition coefficient (Wildman–Crippen LogP) is 4.45. The van der Waals surface area contributed by atoms with E-state index in [1.807, 2.05) is 48.5 Å². The van der Waals surface area contributed by atoms with Gasteiger partial charge < -0.3 is 25.2 Å². The maximum atomic E-state index is 13.1. The number of alkyl carbamates (subject to hydrolysis) is 1. The van der Waals surface area contributed by atoms with E-state index in [1.54, 1.807) is 41.5 Å². The Bertz CT molecular complexity index is 1180. The number of nitrogens with one attached hydrogen (secondary N) is 2. The third-order valence-corrected chi connectivity index (χ3v) is 6.19. The molecule has 11 heteroatoms. The Morgan fingerprint density at radius 2 is 1.23 bits per heavy atom. The van der Waals surface area contributed by atoms with Gasteiger partial charge in [0.1, 0.15) is 23.3 Å². The van der Waals surface area contributed by atoms with Gasteiger partial charge >= 0.3 is 18.0 Å². The van der Waals surface area contributed by atoms with Crippen LogP contribution in [0.2, 0.25) is 0 Å². The summed E-state index contributed by atoms with van der Waals surface area (Å²) in [5.41, 5.74) is 2.77. The average Bonchev–Trinajstić information content (AvgIpc) is 3.18. The van der Waals surface area contributed by atoms with Gasteiger partial charge in [0.2, 0.25) is 5.91 Å². The summed E-state index contributed by atoms with van der Waals surface area (Å²) < 4.78 is 10.3. The summed E-state index contributed by atoms with van der Waals surface area (Å²) in [5.74, 6) is -2.06. The number of carbonyl (C=O) groups excluding carboxylic acids is 3. The van der Waals surface area contributed by atoms with Crippen molar-refractivity contribution in [1.82, 2.24) is 10.6 Å². The van der Waals surface area contributed by atoms with E-state index in [4.69, 9.17) is 14.6 Å². The van der Waals surface area contributed by atoms with Gasteiger partial charge in [-0.2, -0.15) is 25.3 Å². The molecule has 2 atom stereocenters. The zero-order chi connectivity index (χ0) is 30.3. The zero-order valence-electron chi connectivity index (χ0n) is 23.6. The topological polar surface area (TPSA) is 131 Å². The molecule has 2 amide bonds. The van der Waals surface area contributed by atoms with Crippen molar-refractivity contribution in [2.24, 2.45) is 0 Å². The second kappa shape index (κ2) is 13.9. The minimum Gasteiger partial charge on any atom is -0.480 e. The van der Waals surface area contributed by atoms with Crippen LogP contribution in [0.1, 0.15) is 58.6 Å². The number of carbonyl (C=O) groups is 4. The zero-order valence-corrected chi connectivity index (χ0v) is 25.3. The van der Waals surface area contributed by atoms with Gasteiger partial charge in [-0.15, -0.1) is 0 Å². The maximum Gasteiger partial charge on any atom is 0.408 e. The van der Waals surface area contributed by atoms with Gasteiger partial charge in [0, 0.05) is 11.5 Å². The fourth-order valence-corrected chi connectivity index (χ4v) is 4.37. The smallest absolute Gasteiger partial charge is 0.408 e. The molecule has 0 radical (unpaired) electrons. The highest BCUT2D eigenvalue weighted by Crippen LogP contribution is 2.44. The molecule has 0 bridgehead atoms.